The second-order valence-electron chi connectivity index (χ2n) is 11.7. The molecule has 0 heterocycles. The molecule has 0 aliphatic carbocycles. The van der Waals surface area contributed by atoms with Crippen LogP contribution in [0.3, 0.4) is 0 Å². The lowest BCUT2D eigenvalue weighted by molar-refractivity contribution is 0.843. The van der Waals surface area contributed by atoms with Crippen LogP contribution in [0, 0.1) is 62.3 Å². The van der Waals surface area contributed by atoms with Gasteiger partial charge in [0.05, 0.1) is 0 Å². The molecule has 3 aromatic rings. The smallest absolute Gasteiger partial charge is 0.0213 e. The van der Waals surface area contributed by atoms with Gasteiger partial charge in [0.1, 0.15) is 0 Å². The van der Waals surface area contributed by atoms with Crippen molar-refractivity contribution >= 4 is 0 Å². The SMILES string of the molecule is Cc1cc(C)c(C)c(C(C)C)c1.Cc1ccc(C(C)C)c(C)c1C.Cc1ccc(C)c(C(C)C)c1C. The molecule has 0 fully saturated rings. The zero-order chi connectivity index (χ0) is 27.9. The van der Waals surface area contributed by atoms with E-state index in [9.17, 15) is 0 Å². The highest BCUT2D eigenvalue weighted by atomic mass is 14.1. The average Bonchev–Trinajstić information content (AvgIpc) is 2.77. The molecule has 36 heavy (non-hydrogen) atoms. The summed E-state index contributed by atoms with van der Waals surface area (Å²) in [6, 6.07) is 13.4. The van der Waals surface area contributed by atoms with E-state index in [2.05, 4.69) is 140 Å². The summed E-state index contributed by atoms with van der Waals surface area (Å²) in [5.74, 6) is 1.93. The third kappa shape index (κ3) is 8.36. The van der Waals surface area contributed by atoms with Crippen LogP contribution in [0.1, 0.15) is 126 Å². The van der Waals surface area contributed by atoms with Crippen LogP contribution in [0.25, 0.3) is 0 Å². The minimum absolute atomic E-state index is 0.642. The van der Waals surface area contributed by atoms with Gasteiger partial charge < -0.3 is 0 Å². The first-order valence-corrected chi connectivity index (χ1v) is 13.8. The lowest BCUT2D eigenvalue weighted by atomic mass is 9.91. The summed E-state index contributed by atoms with van der Waals surface area (Å²) in [5.41, 5.74) is 17.3. The molecule has 0 heteroatoms. The fraction of sp³-hybridized carbons (Fsp3) is 0.500. The van der Waals surface area contributed by atoms with Crippen molar-refractivity contribution in [3.05, 3.63) is 103 Å². The molecule has 3 rings (SSSR count). The predicted octanol–water partition coefficient (Wildman–Crippen LogP) is 11.2. The molecular weight excluding hydrogens is 432 g/mol. The lowest BCUT2D eigenvalue weighted by Gasteiger charge is -2.15. The summed E-state index contributed by atoms with van der Waals surface area (Å²) >= 11 is 0. The van der Waals surface area contributed by atoms with E-state index in [-0.39, 0.29) is 0 Å². The van der Waals surface area contributed by atoms with Crippen LogP contribution in [0.2, 0.25) is 0 Å². The molecule has 0 aliphatic rings. The average molecular weight is 487 g/mol. The molecule has 0 unspecified atom stereocenters. The Morgan fingerprint density at radius 2 is 0.861 bits per heavy atom. The molecule has 0 saturated heterocycles. The second-order valence-corrected chi connectivity index (χ2v) is 11.7. The third-order valence-electron chi connectivity index (χ3n) is 7.78. The van der Waals surface area contributed by atoms with Gasteiger partial charge in [-0.3, -0.25) is 0 Å². The largest absolute Gasteiger partial charge is 0.0588 e. The summed E-state index contributed by atoms with van der Waals surface area (Å²) in [6.45, 7) is 33.3. The first kappa shape index (κ1) is 31.7. The summed E-state index contributed by atoms with van der Waals surface area (Å²) < 4.78 is 0. The summed E-state index contributed by atoms with van der Waals surface area (Å²) in [6.07, 6.45) is 0. The Labute approximate surface area is 224 Å². The van der Waals surface area contributed by atoms with Gasteiger partial charge in [-0.1, -0.05) is 83.5 Å². The molecule has 0 aromatic heterocycles. The van der Waals surface area contributed by atoms with E-state index in [0.717, 1.165) is 0 Å². The van der Waals surface area contributed by atoms with E-state index >= 15 is 0 Å². The van der Waals surface area contributed by atoms with E-state index in [1.807, 2.05) is 0 Å². The van der Waals surface area contributed by atoms with Crippen molar-refractivity contribution in [3.63, 3.8) is 0 Å². The maximum Gasteiger partial charge on any atom is -0.0213 e. The molecule has 0 spiro atoms. The van der Waals surface area contributed by atoms with Crippen LogP contribution in [0.15, 0.2) is 36.4 Å². The van der Waals surface area contributed by atoms with Crippen LogP contribution in [-0.4, -0.2) is 0 Å². The molecular formula is C36H54. The van der Waals surface area contributed by atoms with Crippen molar-refractivity contribution in [2.24, 2.45) is 0 Å². The van der Waals surface area contributed by atoms with Crippen molar-refractivity contribution in [2.75, 3.05) is 0 Å². The molecule has 0 radical (unpaired) electrons. The minimum Gasteiger partial charge on any atom is -0.0588 e. The molecule has 0 saturated carbocycles. The number of rotatable bonds is 3. The Kier molecular flexibility index (Phi) is 12.2. The lowest BCUT2D eigenvalue weighted by Crippen LogP contribution is -1.97. The highest BCUT2D eigenvalue weighted by Crippen LogP contribution is 2.26. The zero-order valence-corrected chi connectivity index (χ0v) is 26.2. The molecule has 3 aromatic carbocycles. The van der Waals surface area contributed by atoms with Crippen molar-refractivity contribution in [1.82, 2.24) is 0 Å². The molecule has 0 bridgehead atoms. The zero-order valence-electron chi connectivity index (χ0n) is 26.2. The van der Waals surface area contributed by atoms with Gasteiger partial charge in [0, 0.05) is 0 Å². The summed E-state index contributed by atoms with van der Waals surface area (Å²) in [4.78, 5) is 0. The molecule has 198 valence electrons. The Hall–Kier alpha value is -2.34. The van der Waals surface area contributed by atoms with Crippen molar-refractivity contribution in [3.8, 4) is 0 Å². The van der Waals surface area contributed by atoms with Crippen LogP contribution >= 0.6 is 0 Å². The van der Waals surface area contributed by atoms with E-state index in [1.54, 1.807) is 0 Å². The number of hydrogen-bond acceptors (Lipinski definition) is 0. The Bertz CT molecular complexity index is 1140. The van der Waals surface area contributed by atoms with Gasteiger partial charge in [-0.25, -0.2) is 0 Å². The van der Waals surface area contributed by atoms with E-state index in [4.69, 9.17) is 0 Å². The Morgan fingerprint density at radius 1 is 0.389 bits per heavy atom. The van der Waals surface area contributed by atoms with Crippen molar-refractivity contribution in [1.29, 1.82) is 0 Å². The minimum atomic E-state index is 0.642. The highest BCUT2D eigenvalue weighted by molar-refractivity contribution is 5.41. The molecule has 0 N–H and O–H groups in total. The van der Waals surface area contributed by atoms with Crippen LogP contribution in [-0.2, 0) is 0 Å². The van der Waals surface area contributed by atoms with Gasteiger partial charge in [0.15, 0.2) is 0 Å². The normalized spacial score (nSPS) is 10.8. The third-order valence-corrected chi connectivity index (χ3v) is 7.78. The fourth-order valence-corrected chi connectivity index (χ4v) is 5.14. The predicted molar refractivity (Wildman–Crippen MR) is 164 cm³/mol. The van der Waals surface area contributed by atoms with Crippen molar-refractivity contribution < 1.29 is 0 Å². The first-order valence-electron chi connectivity index (χ1n) is 13.8. The molecule has 0 atom stereocenters. The van der Waals surface area contributed by atoms with Gasteiger partial charge in [0.25, 0.3) is 0 Å². The van der Waals surface area contributed by atoms with E-state index < -0.39 is 0 Å². The maximum absolute atomic E-state index is 2.30. The van der Waals surface area contributed by atoms with E-state index in [1.165, 1.54) is 66.8 Å². The highest BCUT2D eigenvalue weighted by Gasteiger charge is 2.08. The van der Waals surface area contributed by atoms with E-state index in [0.29, 0.717) is 17.8 Å². The number of benzene rings is 3. The molecule has 0 amide bonds. The van der Waals surface area contributed by atoms with Gasteiger partial charge in [-0.05, 0) is 141 Å². The van der Waals surface area contributed by atoms with Crippen LogP contribution in [0.5, 0.6) is 0 Å². The van der Waals surface area contributed by atoms with Crippen molar-refractivity contribution in [2.45, 2.75) is 122 Å². The molecule has 0 aliphatic heterocycles. The van der Waals surface area contributed by atoms with Gasteiger partial charge in [0.2, 0.25) is 0 Å². The standard InChI is InChI=1S/3C12H18/c1-8(2)12-7-9(3)6-10(4)11(12)5;1-8(2)12-7-6-9(3)10(4)11(12)5;1-8(2)12-10(4)7-6-9(3)11(12)5/h3*6-8H,1-5H3. The number of hydrogen-bond donors (Lipinski definition) is 0. The first-order chi connectivity index (χ1) is 16.6. The summed E-state index contributed by atoms with van der Waals surface area (Å²) in [5, 5.41) is 0. The van der Waals surface area contributed by atoms with Crippen LogP contribution in [0.4, 0.5) is 0 Å². The topological polar surface area (TPSA) is 0 Å². The van der Waals surface area contributed by atoms with Gasteiger partial charge >= 0.3 is 0 Å². The van der Waals surface area contributed by atoms with Gasteiger partial charge in [-0.15, -0.1) is 0 Å². The van der Waals surface area contributed by atoms with Gasteiger partial charge in [-0.2, -0.15) is 0 Å². The fourth-order valence-electron chi connectivity index (χ4n) is 5.14. The number of aryl methyl sites for hydroxylation is 5. The second kappa shape index (κ2) is 13.8. The maximum atomic E-state index is 2.30. The quantitative estimate of drug-likeness (QED) is 0.345. The molecule has 0 nitrogen and oxygen atoms in total. The Morgan fingerprint density at radius 3 is 1.33 bits per heavy atom. The monoisotopic (exact) mass is 486 g/mol. The van der Waals surface area contributed by atoms with Crippen LogP contribution < -0.4 is 0 Å². The Balaban J connectivity index is 0.000000270. The summed E-state index contributed by atoms with van der Waals surface area (Å²) in [7, 11) is 0.